The fourth-order valence-electron chi connectivity index (χ4n) is 3.35. The number of methoxy groups -OCH3 is 1. The third kappa shape index (κ3) is 3.57. The van der Waals surface area contributed by atoms with Gasteiger partial charge in [0.2, 0.25) is 5.91 Å². The number of ether oxygens (including phenoxy) is 2. The summed E-state index contributed by atoms with van der Waals surface area (Å²) in [6.45, 7) is 0.578. The molecule has 1 saturated heterocycles. The molecule has 3 N–H and O–H groups in total. The Bertz CT molecular complexity index is 975. The van der Waals surface area contributed by atoms with Gasteiger partial charge in [0.25, 0.3) is 0 Å². The summed E-state index contributed by atoms with van der Waals surface area (Å²) >= 11 is 0. The molecule has 1 aliphatic heterocycles. The number of primary amides is 1. The zero-order valence-electron chi connectivity index (χ0n) is 15.0. The molecule has 1 amide bonds. The smallest absolute Gasteiger partial charge is 0.234 e. The second kappa shape index (κ2) is 7.25. The number of nitrogens with two attached hydrogens (primary N) is 1. The van der Waals surface area contributed by atoms with E-state index >= 15 is 0 Å². The second-order valence-electron chi connectivity index (χ2n) is 6.59. The molecule has 138 valence electrons. The van der Waals surface area contributed by atoms with Gasteiger partial charge in [0.05, 0.1) is 24.4 Å². The number of nitrogens with zero attached hydrogens (tertiary/aromatic N) is 1. The van der Waals surface area contributed by atoms with Crippen molar-refractivity contribution in [2.75, 3.05) is 13.7 Å². The summed E-state index contributed by atoms with van der Waals surface area (Å²) < 4.78 is 11.6. The molecule has 0 bridgehead atoms. The highest BCUT2D eigenvalue weighted by Gasteiger charge is 2.29. The van der Waals surface area contributed by atoms with Crippen LogP contribution in [0.25, 0.3) is 22.2 Å². The maximum absolute atomic E-state index is 11.4. The van der Waals surface area contributed by atoms with Crippen LogP contribution in [0.2, 0.25) is 0 Å². The van der Waals surface area contributed by atoms with Gasteiger partial charge in [-0.2, -0.15) is 0 Å². The van der Waals surface area contributed by atoms with Crippen molar-refractivity contribution < 1.29 is 14.3 Å². The summed E-state index contributed by atoms with van der Waals surface area (Å²) in [7, 11) is 1.63. The van der Waals surface area contributed by atoms with Crippen molar-refractivity contribution in [1.82, 2.24) is 10.3 Å². The number of carbonyl (C=O) groups is 1. The highest BCUT2D eigenvalue weighted by Crippen LogP contribution is 2.33. The number of pyridine rings is 1. The van der Waals surface area contributed by atoms with Crippen LogP contribution < -0.4 is 20.5 Å². The van der Waals surface area contributed by atoms with Crippen molar-refractivity contribution >= 4 is 16.8 Å². The summed E-state index contributed by atoms with van der Waals surface area (Å²) in [5.41, 5.74) is 8.02. The summed E-state index contributed by atoms with van der Waals surface area (Å²) in [6.07, 6.45) is 0.425. The van der Waals surface area contributed by atoms with E-state index in [-0.39, 0.29) is 18.1 Å². The van der Waals surface area contributed by atoms with E-state index in [1.54, 1.807) is 7.11 Å². The Morgan fingerprint density at radius 2 is 2.00 bits per heavy atom. The number of carbonyl (C=O) groups excluding carboxylic acids is 1. The molecule has 0 saturated carbocycles. The van der Waals surface area contributed by atoms with Gasteiger partial charge < -0.3 is 20.5 Å². The van der Waals surface area contributed by atoms with Gasteiger partial charge in [-0.3, -0.25) is 4.79 Å². The largest absolute Gasteiger partial charge is 0.497 e. The Kier molecular flexibility index (Phi) is 4.64. The molecule has 0 aliphatic carbocycles. The molecule has 6 heteroatoms. The zero-order valence-corrected chi connectivity index (χ0v) is 15.0. The third-order valence-electron chi connectivity index (χ3n) is 4.78. The van der Waals surface area contributed by atoms with Gasteiger partial charge in [-0.15, -0.1) is 0 Å². The molecule has 2 unspecified atom stereocenters. The average Bonchev–Trinajstić information content (AvgIpc) is 3.17. The van der Waals surface area contributed by atoms with E-state index in [0.717, 1.165) is 33.7 Å². The summed E-state index contributed by atoms with van der Waals surface area (Å²) in [5.74, 6) is 1.12. The van der Waals surface area contributed by atoms with Gasteiger partial charge in [-0.05, 0) is 12.1 Å². The molecule has 1 fully saturated rings. The third-order valence-corrected chi connectivity index (χ3v) is 4.78. The van der Waals surface area contributed by atoms with Gasteiger partial charge in [0, 0.05) is 36.0 Å². The van der Waals surface area contributed by atoms with Gasteiger partial charge in [-0.25, -0.2) is 4.98 Å². The molecular formula is C21H21N3O3. The fraction of sp³-hybridized carbons (Fsp3) is 0.238. The van der Waals surface area contributed by atoms with E-state index in [2.05, 4.69) is 5.32 Å². The predicted octanol–water partition coefficient (Wildman–Crippen LogP) is 2.50. The molecule has 2 atom stereocenters. The number of fused-ring (bicyclic) bond motifs is 1. The molecule has 2 aromatic carbocycles. The Morgan fingerprint density at radius 1 is 1.19 bits per heavy atom. The zero-order chi connectivity index (χ0) is 18.8. The van der Waals surface area contributed by atoms with Crippen LogP contribution in [-0.4, -0.2) is 36.7 Å². The number of hydrogen-bond acceptors (Lipinski definition) is 5. The molecular weight excluding hydrogens is 342 g/mol. The van der Waals surface area contributed by atoms with E-state index in [1.165, 1.54) is 0 Å². The molecule has 2 heterocycles. The van der Waals surface area contributed by atoms with E-state index in [4.69, 9.17) is 20.2 Å². The van der Waals surface area contributed by atoms with Crippen molar-refractivity contribution in [2.45, 2.75) is 18.6 Å². The van der Waals surface area contributed by atoms with Gasteiger partial charge in [0.15, 0.2) is 0 Å². The molecule has 27 heavy (non-hydrogen) atoms. The normalized spacial score (nSPS) is 19.1. The Labute approximate surface area is 157 Å². The van der Waals surface area contributed by atoms with E-state index < -0.39 is 0 Å². The van der Waals surface area contributed by atoms with Crippen molar-refractivity contribution in [3.8, 4) is 22.8 Å². The maximum Gasteiger partial charge on any atom is 0.234 e. The van der Waals surface area contributed by atoms with Crippen LogP contribution in [-0.2, 0) is 4.79 Å². The van der Waals surface area contributed by atoms with Crippen LogP contribution >= 0.6 is 0 Å². The Hall–Kier alpha value is -3.12. The Morgan fingerprint density at radius 3 is 2.70 bits per heavy atom. The number of aromatic nitrogens is 1. The van der Waals surface area contributed by atoms with E-state index in [9.17, 15) is 4.79 Å². The quantitative estimate of drug-likeness (QED) is 0.727. The number of benzene rings is 2. The summed E-state index contributed by atoms with van der Waals surface area (Å²) in [5, 5.41) is 4.00. The number of hydrogen-bond donors (Lipinski definition) is 2. The topological polar surface area (TPSA) is 86.5 Å². The van der Waals surface area contributed by atoms with Crippen LogP contribution in [0.5, 0.6) is 11.5 Å². The van der Waals surface area contributed by atoms with E-state index in [1.807, 2.05) is 54.6 Å². The molecule has 4 rings (SSSR count). The minimum absolute atomic E-state index is 0.126. The maximum atomic E-state index is 11.4. The van der Waals surface area contributed by atoms with Crippen LogP contribution in [0.1, 0.15) is 6.42 Å². The first-order valence-corrected chi connectivity index (χ1v) is 8.87. The first kappa shape index (κ1) is 17.3. The molecule has 0 radical (unpaired) electrons. The van der Waals surface area contributed by atoms with Crippen molar-refractivity contribution in [1.29, 1.82) is 0 Å². The van der Waals surface area contributed by atoms with Gasteiger partial charge in [-0.1, -0.05) is 30.3 Å². The van der Waals surface area contributed by atoms with Crippen molar-refractivity contribution in [3.05, 3.63) is 54.6 Å². The summed E-state index contributed by atoms with van der Waals surface area (Å²) in [6, 6.07) is 17.3. The van der Waals surface area contributed by atoms with E-state index in [0.29, 0.717) is 13.0 Å². The standard InChI is InChI=1S/C21H21N3O3/c1-26-14-7-8-16-18(9-14)24-17(13-5-3-2-4-6-13)11-20(16)27-15-10-19(21(22)25)23-12-15/h2-9,11,15,19,23H,10,12H2,1H3,(H2,22,25). The lowest BCUT2D eigenvalue weighted by atomic mass is 10.1. The van der Waals surface area contributed by atoms with Gasteiger partial charge in [0.1, 0.15) is 17.6 Å². The lowest BCUT2D eigenvalue weighted by molar-refractivity contribution is -0.119. The Balaban J connectivity index is 1.74. The number of amides is 1. The fourth-order valence-corrected chi connectivity index (χ4v) is 3.35. The SMILES string of the molecule is COc1ccc2c(OC3CNC(C(N)=O)C3)cc(-c3ccccc3)nc2c1. The minimum atomic E-state index is -0.351. The molecule has 6 nitrogen and oxygen atoms in total. The van der Waals surface area contributed by atoms with Crippen LogP contribution in [0.3, 0.4) is 0 Å². The highest BCUT2D eigenvalue weighted by molar-refractivity contribution is 5.89. The number of nitrogens with one attached hydrogen (secondary N) is 1. The molecule has 1 aromatic heterocycles. The second-order valence-corrected chi connectivity index (χ2v) is 6.59. The van der Waals surface area contributed by atoms with Crippen LogP contribution in [0.4, 0.5) is 0 Å². The monoisotopic (exact) mass is 363 g/mol. The predicted molar refractivity (Wildman–Crippen MR) is 104 cm³/mol. The van der Waals surface area contributed by atoms with Gasteiger partial charge >= 0.3 is 0 Å². The molecule has 3 aromatic rings. The first-order valence-electron chi connectivity index (χ1n) is 8.87. The van der Waals surface area contributed by atoms with Crippen LogP contribution in [0, 0.1) is 0 Å². The van der Waals surface area contributed by atoms with Crippen molar-refractivity contribution in [2.24, 2.45) is 5.73 Å². The number of rotatable bonds is 5. The van der Waals surface area contributed by atoms with Crippen molar-refractivity contribution in [3.63, 3.8) is 0 Å². The lowest BCUT2D eigenvalue weighted by Gasteiger charge is -2.16. The highest BCUT2D eigenvalue weighted by atomic mass is 16.5. The summed E-state index contributed by atoms with van der Waals surface area (Å²) in [4.78, 5) is 16.2. The first-order chi connectivity index (χ1) is 13.1. The molecule has 0 spiro atoms. The van der Waals surface area contributed by atoms with Crippen LogP contribution in [0.15, 0.2) is 54.6 Å². The lowest BCUT2D eigenvalue weighted by Crippen LogP contribution is -2.36. The minimum Gasteiger partial charge on any atom is -0.497 e. The molecule has 1 aliphatic rings. The average molecular weight is 363 g/mol.